The van der Waals surface area contributed by atoms with Gasteiger partial charge in [-0.1, -0.05) is 29.8 Å². The Morgan fingerprint density at radius 3 is 2.90 bits per heavy atom. The normalized spacial score (nSPS) is 11.1. The number of nitrogens with zero attached hydrogens (tertiary/aromatic N) is 2. The highest BCUT2D eigenvalue weighted by atomic mass is 35.5. The van der Waals surface area contributed by atoms with Crippen LogP contribution in [0, 0.1) is 0 Å². The number of nitrogens with one attached hydrogen (secondary N) is 1. The Bertz CT molecular complexity index is 724. The lowest BCUT2D eigenvalue weighted by molar-refractivity contribution is 0.741. The van der Waals surface area contributed by atoms with Crippen LogP contribution < -0.4 is 5.32 Å². The van der Waals surface area contributed by atoms with Gasteiger partial charge < -0.3 is 5.32 Å². The minimum absolute atomic E-state index is 0.841. The third-order valence-corrected chi connectivity index (χ3v) is 5.19. The van der Waals surface area contributed by atoms with Crippen LogP contribution in [0.3, 0.4) is 0 Å². The number of hydrogen-bond acceptors (Lipinski definition) is 5. The molecular formula is C15H14ClN3S2. The van der Waals surface area contributed by atoms with Crippen molar-refractivity contribution in [2.24, 2.45) is 0 Å². The molecule has 0 aliphatic heterocycles. The van der Waals surface area contributed by atoms with Crippen molar-refractivity contribution >= 4 is 45.6 Å². The molecule has 3 aromatic rings. The van der Waals surface area contributed by atoms with Crippen molar-refractivity contribution in [3.05, 3.63) is 51.9 Å². The predicted octanol–water partition coefficient (Wildman–Crippen LogP) is 4.23. The Hall–Kier alpha value is -1.14. The van der Waals surface area contributed by atoms with Crippen molar-refractivity contribution < 1.29 is 0 Å². The number of hydrogen-bond donors (Lipinski definition) is 1. The van der Waals surface area contributed by atoms with Crippen LogP contribution in [0.5, 0.6) is 0 Å². The Labute approximate surface area is 136 Å². The SMILES string of the molecule is Clc1ccc(CNCCSc2ncnc3ccccc23)s1. The molecule has 0 atom stereocenters. The molecule has 2 aromatic heterocycles. The zero-order valence-electron chi connectivity index (χ0n) is 11.3. The maximum absolute atomic E-state index is 5.91. The quantitative estimate of drug-likeness (QED) is 0.415. The molecule has 0 saturated heterocycles. The number of fused-ring (bicyclic) bond motifs is 1. The van der Waals surface area contributed by atoms with Crippen molar-refractivity contribution in [2.75, 3.05) is 12.3 Å². The predicted molar refractivity (Wildman–Crippen MR) is 91.3 cm³/mol. The number of para-hydroxylation sites is 1. The van der Waals surface area contributed by atoms with Gasteiger partial charge in [-0.25, -0.2) is 9.97 Å². The van der Waals surface area contributed by atoms with Crippen molar-refractivity contribution in [2.45, 2.75) is 11.6 Å². The standard InChI is InChI=1S/C15H14ClN3S2/c16-14-6-5-11(21-14)9-17-7-8-20-15-12-3-1-2-4-13(12)18-10-19-15/h1-6,10,17H,7-9H2. The highest BCUT2D eigenvalue weighted by molar-refractivity contribution is 7.99. The average molecular weight is 336 g/mol. The highest BCUT2D eigenvalue weighted by Crippen LogP contribution is 2.24. The van der Waals surface area contributed by atoms with Gasteiger partial charge in [-0.2, -0.15) is 0 Å². The summed E-state index contributed by atoms with van der Waals surface area (Å²) in [5, 5.41) is 5.58. The minimum atomic E-state index is 0.841. The maximum Gasteiger partial charge on any atom is 0.117 e. The van der Waals surface area contributed by atoms with Gasteiger partial charge in [0.25, 0.3) is 0 Å². The second kappa shape index (κ2) is 7.22. The van der Waals surface area contributed by atoms with Gasteiger partial charge in [0.1, 0.15) is 11.4 Å². The molecule has 0 amide bonds. The number of thioether (sulfide) groups is 1. The van der Waals surface area contributed by atoms with E-state index in [0.717, 1.165) is 39.1 Å². The average Bonchev–Trinajstić information content (AvgIpc) is 2.92. The van der Waals surface area contributed by atoms with Gasteiger partial charge in [0, 0.05) is 29.1 Å². The van der Waals surface area contributed by atoms with E-state index in [-0.39, 0.29) is 0 Å². The van der Waals surface area contributed by atoms with Crippen LogP contribution in [0.15, 0.2) is 47.8 Å². The van der Waals surface area contributed by atoms with E-state index in [9.17, 15) is 0 Å². The topological polar surface area (TPSA) is 37.8 Å². The third-order valence-electron chi connectivity index (χ3n) is 2.95. The molecule has 0 aliphatic rings. The number of aromatic nitrogens is 2. The number of rotatable bonds is 6. The molecule has 2 heterocycles. The molecule has 0 unspecified atom stereocenters. The van der Waals surface area contributed by atoms with Gasteiger partial charge in [-0.3, -0.25) is 0 Å². The van der Waals surface area contributed by atoms with Crippen LogP contribution in [0.4, 0.5) is 0 Å². The van der Waals surface area contributed by atoms with E-state index in [1.54, 1.807) is 29.4 Å². The molecule has 3 nitrogen and oxygen atoms in total. The Morgan fingerprint density at radius 1 is 1.14 bits per heavy atom. The first-order chi connectivity index (χ1) is 10.3. The molecule has 21 heavy (non-hydrogen) atoms. The van der Waals surface area contributed by atoms with E-state index in [0.29, 0.717) is 0 Å². The summed E-state index contributed by atoms with van der Waals surface area (Å²) in [5.41, 5.74) is 0.996. The van der Waals surface area contributed by atoms with Crippen LogP contribution in [0.25, 0.3) is 10.9 Å². The van der Waals surface area contributed by atoms with Gasteiger partial charge in [0.05, 0.1) is 9.85 Å². The summed E-state index contributed by atoms with van der Waals surface area (Å²) in [6.45, 7) is 1.79. The molecule has 6 heteroatoms. The zero-order chi connectivity index (χ0) is 14.5. The van der Waals surface area contributed by atoms with E-state index >= 15 is 0 Å². The largest absolute Gasteiger partial charge is 0.311 e. The van der Waals surface area contributed by atoms with Crippen molar-refractivity contribution in [1.29, 1.82) is 0 Å². The first-order valence-corrected chi connectivity index (χ1v) is 8.78. The fraction of sp³-hybridized carbons (Fsp3) is 0.200. The minimum Gasteiger partial charge on any atom is -0.311 e. The van der Waals surface area contributed by atoms with Gasteiger partial charge in [-0.15, -0.1) is 23.1 Å². The number of thiophene rings is 1. The first kappa shape index (κ1) is 14.8. The second-order valence-electron chi connectivity index (χ2n) is 4.43. The summed E-state index contributed by atoms with van der Waals surface area (Å²) < 4.78 is 0.841. The van der Waals surface area contributed by atoms with Crippen molar-refractivity contribution in [3.63, 3.8) is 0 Å². The molecule has 0 spiro atoms. The van der Waals surface area contributed by atoms with E-state index in [2.05, 4.69) is 27.4 Å². The molecule has 1 N–H and O–H groups in total. The third kappa shape index (κ3) is 3.95. The molecule has 0 fully saturated rings. The van der Waals surface area contributed by atoms with Crippen molar-refractivity contribution in [3.8, 4) is 0 Å². The lowest BCUT2D eigenvalue weighted by Gasteiger charge is -2.05. The van der Waals surface area contributed by atoms with Gasteiger partial charge in [0.15, 0.2) is 0 Å². The van der Waals surface area contributed by atoms with Crippen LogP contribution >= 0.6 is 34.7 Å². The summed E-state index contributed by atoms with van der Waals surface area (Å²) >= 11 is 9.28. The van der Waals surface area contributed by atoms with Crippen LogP contribution in [-0.4, -0.2) is 22.3 Å². The summed E-state index contributed by atoms with van der Waals surface area (Å²) in [6, 6.07) is 12.1. The van der Waals surface area contributed by atoms with Gasteiger partial charge in [-0.05, 0) is 18.2 Å². The Kier molecular flexibility index (Phi) is 5.08. The maximum atomic E-state index is 5.91. The van der Waals surface area contributed by atoms with E-state index in [4.69, 9.17) is 11.6 Å². The Morgan fingerprint density at radius 2 is 2.05 bits per heavy atom. The van der Waals surface area contributed by atoms with Crippen molar-refractivity contribution in [1.82, 2.24) is 15.3 Å². The summed E-state index contributed by atoms with van der Waals surface area (Å²) in [5.74, 6) is 0.972. The molecule has 108 valence electrons. The smallest absolute Gasteiger partial charge is 0.117 e. The van der Waals surface area contributed by atoms with Crippen LogP contribution in [-0.2, 0) is 6.54 Å². The molecular weight excluding hydrogens is 322 g/mol. The number of benzene rings is 1. The second-order valence-corrected chi connectivity index (χ2v) is 7.31. The zero-order valence-corrected chi connectivity index (χ0v) is 13.6. The van der Waals surface area contributed by atoms with Crippen LogP contribution in [0.2, 0.25) is 4.34 Å². The van der Waals surface area contributed by atoms with E-state index in [1.165, 1.54) is 4.88 Å². The lowest BCUT2D eigenvalue weighted by atomic mass is 10.2. The fourth-order valence-corrected chi connectivity index (χ4v) is 3.92. The first-order valence-electron chi connectivity index (χ1n) is 6.60. The fourth-order valence-electron chi connectivity index (χ4n) is 1.97. The Balaban J connectivity index is 1.50. The molecule has 0 saturated carbocycles. The molecule has 0 bridgehead atoms. The molecule has 3 rings (SSSR count). The van der Waals surface area contributed by atoms with Crippen LogP contribution in [0.1, 0.15) is 4.88 Å². The molecule has 0 radical (unpaired) electrons. The van der Waals surface area contributed by atoms with E-state index < -0.39 is 0 Å². The molecule has 1 aromatic carbocycles. The highest BCUT2D eigenvalue weighted by Gasteiger charge is 2.03. The lowest BCUT2D eigenvalue weighted by Crippen LogP contribution is -2.15. The monoisotopic (exact) mass is 335 g/mol. The van der Waals surface area contributed by atoms with Gasteiger partial charge >= 0.3 is 0 Å². The summed E-state index contributed by atoms with van der Waals surface area (Å²) in [7, 11) is 0. The number of halogens is 1. The molecule has 0 aliphatic carbocycles. The van der Waals surface area contributed by atoms with E-state index in [1.807, 2.05) is 24.3 Å². The van der Waals surface area contributed by atoms with Gasteiger partial charge in [0.2, 0.25) is 0 Å². The summed E-state index contributed by atoms with van der Waals surface area (Å²) in [4.78, 5) is 9.91. The summed E-state index contributed by atoms with van der Waals surface area (Å²) in [6.07, 6.45) is 1.63.